The van der Waals surface area contributed by atoms with Crippen LogP contribution in [-0.4, -0.2) is 57.4 Å². The molecule has 2 aliphatic rings. The van der Waals surface area contributed by atoms with Crippen LogP contribution in [0.5, 0.6) is 5.75 Å². The van der Waals surface area contributed by atoms with E-state index in [1.807, 2.05) is 6.07 Å². The van der Waals surface area contributed by atoms with Crippen LogP contribution in [0.1, 0.15) is 25.7 Å². The number of aromatic nitrogens is 3. The third-order valence-corrected chi connectivity index (χ3v) is 5.48. The highest BCUT2D eigenvalue weighted by atomic mass is 19.4. The fourth-order valence-corrected chi connectivity index (χ4v) is 3.54. The first-order valence-corrected chi connectivity index (χ1v) is 11.1. The van der Waals surface area contributed by atoms with E-state index in [0.717, 1.165) is 48.6 Å². The Hall–Kier alpha value is -3.70. The minimum Gasteiger partial charge on any atom is -0.487 e. The summed E-state index contributed by atoms with van der Waals surface area (Å²) in [7, 11) is 0. The number of para-hydroxylation sites is 1. The molecule has 186 valence electrons. The smallest absolute Gasteiger partial charge is 0.487 e. The van der Waals surface area contributed by atoms with Gasteiger partial charge in [0.1, 0.15) is 11.6 Å². The Labute approximate surface area is 198 Å². The molecule has 2 N–H and O–H groups in total. The lowest BCUT2D eigenvalue weighted by Gasteiger charge is -2.33. The van der Waals surface area contributed by atoms with E-state index in [4.69, 9.17) is 24.6 Å². The minimum atomic E-state index is -5.08. The lowest BCUT2D eigenvalue weighted by Crippen LogP contribution is -2.39. The molecule has 1 saturated heterocycles. The maximum absolute atomic E-state index is 13.8. The van der Waals surface area contributed by atoms with Crippen LogP contribution >= 0.6 is 0 Å². The van der Waals surface area contributed by atoms with Crippen molar-refractivity contribution in [3.05, 3.63) is 48.5 Å². The second kappa shape index (κ2) is 10.3. The molecular weight excluding hydrogens is 470 g/mol. The van der Waals surface area contributed by atoms with Gasteiger partial charge in [0.05, 0.1) is 11.7 Å². The van der Waals surface area contributed by atoms with E-state index < -0.39 is 12.1 Å². The number of hydrogen-bond acceptors (Lipinski definition) is 7. The van der Waals surface area contributed by atoms with E-state index in [2.05, 4.69) is 15.2 Å². The maximum atomic E-state index is 13.8. The summed E-state index contributed by atoms with van der Waals surface area (Å²) in [4.78, 5) is 24.9. The average molecular weight is 493 g/mol. The number of nitrogens with one attached hydrogen (secondary N) is 1. The number of alkyl halides is 3. The fourth-order valence-electron chi connectivity index (χ4n) is 3.54. The molecule has 0 amide bonds. The van der Waals surface area contributed by atoms with E-state index in [1.165, 1.54) is 18.9 Å². The predicted molar refractivity (Wildman–Crippen MR) is 120 cm³/mol. The van der Waals surface area contributed by atoms with Crippen molar-refractivity contribution in [1.82, 2.24) is 15.0 Å². The number of carboxylic acid groups (broad SMARTS) is 1. The molecule has 3 heterocycles. The average Bonchev–Trinajstić information content (AvgIpc) is 3.65. The summed E-state index contributed by atoms with van der Waals surface area (Å²) in [6.45, 7) is 1.58. The molecule has 2 fully saturated rings. The summed E-state index contributed by atoms with van der Waals surface area (Å²) in [5.74, 6) is -1.03. The Morgan fingerprint density at radius 1 is 1.06 bits per heavy atom. The summed E-state index contributed by atoms with van der Waals surface area (Å²) in [5, 5.41) is 10.6. The number of carbonyl (C=O) groups is 1. The zero-order valence-corrected chi connectivity index (χ0v) is 18.5. The van der Waals surface area contributed by atoms with Crippen LogP contribution in [0.3, 0.4) is 0 Å². The van der Waals surface area contributed by atoms with Crippen LogP contribution in [0.15, 0.2) is 42.7 Å². The van der Waals surface area contributed by atoms with Crippen molar-refractivity contribution in [2.75, 3.05) is 23.3 Å². The third kappa shape index (κ3) is 6.46. The predicted octanol–water partition coefficient (Wildman–Crippen LogP) is 4.42. The number of nitrogens with zero attached hydrogens (tertiary/aromatic N) is 4. The number of carboxylic acids is 1. The van der Waals surface area contributed by atoms with Crippen molar-refractivity contribution in [3.8, 4) is 5.75 Å². The summed E-state index contributed by atoms with van der Waals surface area (Å²) < 4.78 is 51.5. The normalized spacial score (nSPS) is 16.4. The fraction of sp³-hybridized carbons (Fsp3) is 0.391. The second-order valence-corrected chi connectivity index (χ2v) is 8.22. The van der Waals surface area contributed by atoms with Gasteiger partial charge in [-0.1, -0.05) is 12.1 Å². The van der Waals surface area contributed by atoms with Crippen LogP contribution in [0.25, 0.3) is 11.0 Å². The number of halogens is 4. The highest BCUT2D eigenvalue weighted by molar-refractivity contribution is 5.80. The number of aliphatic carboxylic acids is 1. The van der Waals surface area contributed by atoms with Gasteiger partial charge >= 0.3 is 12.1 Å². The maximum Gasteiger partial charge on any atom is 0.490 e. The first-order valence-electron chi connectivity index (χ1n) is 11.1. The topological polar surface area (TPSA) is 100 Å². The summed E-state index contributed by atoms with van der Waals surface area (Å²) in [6, 6.07) is 8.96. The molecule has 0 spiro atoms. The summed E-state index contributed by atoms with van der Waals surface area (Å²) in [5.41, 5.74) is 1.64. The van der Waals surface area contributed by atoms with Crippen LogP contribution < -0.4 is 15.0 Å². The third-order valence-electron chi connectivity index (χ3n) is 5.48. The number of pyridine rings is 1. The number of piperidine rings is 1. The van der Waals surface area contributed by atoms with E-state index in [-0.39, 0.29) is 11.9 Å². The highest BCUT2D eigenvalue weighted by Gasteiger charge is 2.38. The molecular formula is C23H23F4N5O3. The molecule has 8 nitrogen and oxygen atoms in total. The van der Waals surface area contributed by atoms with Crippen molar-refractivity contribution in [2.45, 2.75) is 44.0 Å². The molecule has 35 heavy (non-hydrogen) atoms. The van der Waals surface area contributed by atoms with Crippen molar-refractivity contribution >= 4 is 28.6 Å². The zero-order chi connectivity index (χ0) is 25.0. The molecule has 1 saturated carbocycles. The second-order valence-electron chi connectivity index (χ2n) is 8.22. The Bertz CT molecular complexity index is 1180. The molecule has 0 radical (unpaired) electrons. The Balaban J connectivity index is 0.000000364. The van der Waals surface area contributed by atoms with Gasteiger partial charge in [-0.2, -0.15) is 13.2 Å². The lowest BCUT2D eigenvalue weighted by molar-refractivity contribution is -0.192. The largest absolute Gasteiger partial charge is 0.490 e. The van der Waals surface area contributed by atoms with Gasteiger partial charge in [-0.15, -0.1) is 0 Å². The van der Waals surface area contributed by atoms with E-state index in [1.54, 1.807) is 30.6 Å². The first-order chi connectivity index (χ1) is 16.7. The molecule has 5 rings (SSSR count). The number of rotatable bonds is 5. The van der Waals surface area contributed by atoms with E-state index >= 15 is 0 Å². The van der Waals surface area contributed by atoms with Gasteiger partial charge in [0, 0.05) is 38.2 Å². The number of fused-ring (bicyclic) bond motifs is 1. The minimum absolute atomic E-state index is 0.00285. The SMILES string of the molecule is Fc1ccccc1OC1CCN(c2nc3cnccc3nc2NC2CC2)CC1.O=C(O)C(F)(F)F. The van der Waals surface area contributed by atoms with Crippen LogP contribution in [0.2, 0.25) is 0 Å². The van der Waals surface area contributed by atoms with Gasteiger partial charge in [-0.3, -0.25) is 4.98 Å². The number of benzene rings is 1. The molecule has 2 aromatic heterocycles. The van der Waals surface area contributed by atoms with E-state index in [9.17, 15) is 17.6 Å². The van der Waals surface area contributed by atoms with Gasteiger partial charge in [-0.05, 0) is 31.0 Å². The first kappa shape index (κ1) is 24.4. The molecule has 0 atom stereocenters. The standard InChI is InChI=1S/C21H22FN5O.C2HF3O2/c22-16-3-1-2-4-19(16)28-15-8-11-27(12-9-15)21-20(24-14-5-6-14)25-17-7-10-23-13-18(17)26-21;3-2(4,5)1(6)7/h1-4,7,10,13-15H,5-6,8-9,11-12H2,(H,24,25);(H,6,7). The number of ether oxygens (including phenoxy) is 1. The molecule has 3 aromatic rings. The van der Waals surface area contributed by atoms with Gasteiger partial charge in [0.15, 0.2) is 23.2 Å². The number of hydrogen-bond donors (Lipinski definition) is 2. The van der Waals surface area contributed by atoms with Gasteiger partial charge in [-0.25, -0.2) is 19.2 Å². The van der Waals surface area contributed by atoms with Gasteiger partial charge in [0.2, 0.25) is 0 Å². The summed E-state index contributed by atoms with van der Waals surface area (Å²) in [6.07, 6.45) is 2.38. The van der Waals surface area contributed by atoms with Crippen LogP contribution in [0, 0.1) is 5.82 Å². The lowest BCUT2D eigenvalue weighted by atomic mass is 10.1. The van der Waals surface area contributed by atoms with Crippen molar-refractivity contribution < 1.29 is 32.2 Å². The highest BCUT2D eigenvalue weighted by Crippen LogP contribution is 2.32. The van der Waals surface area contributed by atoms with Crippen molar-refractivity contribution in [2.24, 2.45) is 0 Å². The zero-order valence-electron chi connectivity index (χ0n) is 18.5. The Morgan fingerprint density at radius 3 is 2.37 bits per heavy atom. The Kier molecular flexibility index (Phi) is 7.17. The van der Waals surface area contributed by atoms with E-state index in [0.29, 0.717) is 11.8 Å². The van der Waals surface area contributed by atoms with Gasteiger partial charge in [0.25, 0.3) is 0 Å². The van der Waals surface area contributed by atoms with Crippen molar-refractivity contribution in [3.63, 3.8) is 0 Å². The monoisotopic (exact) mass is 493 g/mol. The summed E-state index contributed by atoms with van der Waals surface area (Å²) >= 11 is 0. The molecule has 12 heteroatoms. The van der Waals surface area contributed by atoms with Crippen molar-refractivity contribution in [1.29, 1.82) is 0 Å². The molecule has 0 unspecified atom stereocenters. The van der Waals surface area contributed by atoms with Gasteiger partial charge < -0.3 is 20.1 Å². The Morgan fingerprint density at radius 2 is 1.74 bits per heavy atom. The van der Waals surface area contributed by atoms with Crippen LogP contribution in [0.4, 0.5) is 29.2 Å². The molecule has 1 aromatic carbocycles. The quantitative estimate of drug-likeness (QED) is 0.504. The van der Waals surface area contributed by atoms with Crippen LogP contribution in [-0.2, 0) is 4.79 Å². The molecule has 0 bridgehead atoms. The molecule has 1 aliphatic heterocycles. The number of anilines is 2. The molecule has 1 aliphatic carbocycles.